The van der Waals surface area contributed by atoms with Crippen LogP contribution in [0.25, 0.3) is 0 Å². The highest BCUT2D eigenvalue weighted by atomic mass is 16.2. The van der Waals surface area contributed by atoms with Gasteiger partial charge in [0.2, 0.25) is 0 Å². The normalized spacial score (nSPS) is 15.9. The van der Waals surface area contributed by atoms with Crippen LogP contribution >= 0.6 is 0 Å². The first kappa shape index (κ1) is 9.96. The summed E-state index contributed by atoms with van der Waals surface area (Å²) in [5, 5.41) is 0. The first-order valence-electron chi connectivity index (χ1n) is 4.79. The van der Waals surface area contributed by atoms with Crippen molar-refractivity contribution in [1.29, 1.82) is 0 Å². The lowest BCUT2D eigenvalue weighted by molar-refractivity contribution is -0.136. The van der Waals surface area contributed by atoms with Crippen LogP contribution in [-0.4, -0.2) is 23.3 Å². The quantitative estimate of drug-likeness (QED) is 0.476. The van der Waals surface area contributed by atoms with E-state index in [0.717, 1.165) is 12.8 Å². The van der Waals surface area contributed by atoms with Crippen LogP contribution in [0.5, 0.6) is 0 Å². The molecule has 3 heteroatoms. The monoisotopic (exact) mass is 181 g/mol. The first-order chi connectivity index (χ1) is 6.25. The zero-order valence-corrected chi connectivity index (χ0v) is 7.95. The molecule has 0 spiro atoms. The van der Waals surface area contributed by atoms with E-state index in [9.17, 15) is 9.59 Å². The van der Waals surface area contributed by atoms with E-state index in [4.69, 9.17) is 0 Å². The fraction of sp³-hybridized carbons (Fsp3) is 0.600. The second-order valence-corrected chi connectivity index (χ2v) is 3.22. The topological polar surface area (TPSA) is 37.4 Å². The average molecular weight is 181 g/mol. The molecule has 0 aliphatic carbocycles. The van der Waals surface area contributed by atoms with Gasteiger partial charge in [0, 0.05) is 18.7 Å². The van der Waals surface area contributed by atoms with E-state index >= 15 is 0 Å². The number of nitrogens with zero attached hydrogens (tertiary/aromatic N) is 1. The summed E-state index contributed by atoms with van der Waals surface area (Å²) in [6.07, 6.45) is 7.02. The molecule has 1 rings (SSSR count). The smallest absolute Gasteiger partial charge is 0.253 e. The molecule has 0 aromatic heterocycles. The van der Waals surface area contributed by atoms with Crippen LogP contribution in [0, 0.1) is 0 Å². The molecule has 0 aromatic rings. The first-order valence-corrected chi connectivity index (χ1v) is 4.79. The summed E-state index contributed by atoms with van der Waals surface area (Å²) >= 11 is 0. The van der Waals surface area contributed by atoms with E-state index in [-0.39, 0.29) is 11.8 Å². The zero-order chi connectivity index (χ0) is 9.68. The molecule has 0 N–H and O–H groups in total. The zero-order valence-electron chi connectivity index (χ0n) is 7.95. The second-order valence-electron chi connectivity index (χ2n) is 3.22. The van der Waals surface area contributed by atoms with Gasteiger partial charge in [-0.2, -0.15) is 0 Å². The summed E-state index contributed by atoms with van der Waals surface area (Å²) in [5.74, 6) is -0.331. The van der Waals surface area contributed by atoms with Crippen LogP contribution in [0.1, 0.15) is 32.6 Å². The van der Waals surface area contributed by atoms with Gasteiger partial charge in [0.15, 0.2) is 0 Å². The average Bonchev–Trinajstić information content (AvgIpc) is 2.42. The molecule has 72 valence electrons. The van der Waals surface area contributed by atoms with E-state index in [1.807, 2.05) is 0 Å². The highest BCUT2D eigenvalue weighted by molar-refractivity contribution is 6.12. The Kier molecular flexibility index (Phi) is 3.68. The Morgan fingerprint density at radius 2 is 1.69 bits per heavy atom. The van der Waals surface area contributed by atoms with Crippen LogP contribution in [-0.2, 0) is 9.59 Å². The van der Waals surface area contributed by atoms with Gasteiger partial charge in [-0.05, 0) is 6.42 Å². The molecule has 0 unspecified atom stereocenters. The number of imide groups is 1. The number of hydrogen-bond donors (Lipinski definition) is 0. The van der Waals surface area contributed by atoms with Crippen molar-refractivity contribution in [3.05, 3.63) is 12.2 Å². The van der Waals surface area contributed by atoms with Crippen LogP contribution in [0.3, 0.4) is 0 Å². The molecule has 0 fully saturated rings. The van der Waals surface area contributed by atoms with Gasteiger partial charge < -0.3 is 0 Å². The Morgan fingerprint density at radius 3 is 2.23 bits per heavy atom. The standard InChI is InChI=1S/C10H15NO2/c1-2-3-4-5-8-11-9(12)6-7-10(11)13/h6-7H,2-5,8H2,1H3. The minimum Gasteiger partial charge on any atom is -0.275 e. The largest absolute Gasteiger partial charge is 0.275 e. The summed E-state index contributed by atoms with van der Waals surface area (Å²) in [7, 11) is 0. The molecule has 0 aromatic carbocycles. The summed E-state index contributed by atoms with van der Waals surface area (Å²) in [5.41, 5.74) is 0. The number of amides is 2. The summed E-state index contributed by atoms with van der Waals surface area (Å²) < 4.78 is 0. The van der Waals surface area contributed by atoms with Gasteiger partial charge in [0.05, 0.1) is 0 Å². The number of hydrogen-bond acceptors (Lipinski definition) is 2. The van der Waals surface area contributed by atoms with Gasteiger partial charge in [-0.15, -0.1) is 0 Å². The maximum Gasteiger partial charge on any atom is 0.253 e. The highest BCUT2D eigenvalue weighted by Gasteiger charge is 2.21. The molecule has 1 heterocycles. The van der Waals surface area contributed by atoms with E-state index in [1.54, 1.807) is 0 Å². The Labute approximate surface area is 78.4 Å². The third kappa shape index (κ3) is 2.68. The van der Waals surface area contributed by atoms with Gasteiger partial charge >= 0.3 is 0 Å². The Balaban J connectivity index is 2.22. The number of carbonyl (C=O) groups is 2. The van der Waals surface area contributed by atoms with Crippen LogP contribution in [0.4, 0.5) is 0 Å². The van der Waals surface area contributed by atoms with E-state index in [0.29, 0.717) is 6.54 Å². The highest BCUT2D eigenvalue weighted by Crippen LogP contribution is 2.07. The summed E-state index contributed by atoms with van der Waals surface area (Å²) in [6, 6.07) is 0. The molecule has 13 heavy (non-hydrogen) atoms. The molecule has 2 amide bonds. The fourth-order valence-electron chi connectivity index (χ4n) is 1.35. The lowest BCUT2D eigenvalue weighted by Crippen LogP contribution is -2.30. The molecule has 1 aliphatic rings. The predicted octanol–water partition coefficient (Wildman–Crippen LogP) is 1.49. The number of unbranched alkanes of at least 4 members (excludes halogenated alkanes) is 3. The van der Waals surface area contributed by atoms with Crippen molar-refractivity contribution in [2.24, 2.45) is 0 Å². The van der Waals surface area contributed by atoms with Crippen molar-refractivity contribution in [2.45, 2.75) is 32.6 Å². The van der Waals surface area contributed by atoms with Gasteiger partial charge in [0.1, 0.15) is 0 Å². The van der Waals surface area contributed by atoms with Gasteiger partial charge in [-0.1, -0.05) is 26.2 Å². The lowest BCUT2D eigenvalue weighted by atomic mass is 10.2. The van der Waals surface area contributed by atoms with Crippen molar-refractivity contribution >= 4 is 11.8 Å². The molecule has 0 bridgehead atoms. The van der Waals surface area contributed by atoms with Crippen molar-refractivity contribution in [3.8, 4) is 0 Å². The number of carbonyl (C=O) groups excluding carboxylic acids is 2. The van der Waals surface area contributed by atoms with Gasteiger partial charge in [0.25, 0.3) is 11.8 Å². The van der Waals surface area contributed by atoms with E-state index in [2.05, 4.69) is 6.92 Å². The van der Waals surface area contributed by atoms with Crippen molar-refractivity contribution in [2.75, 3.05) is 6.54 Å². The lowest BCUT2D eigenvalue weighted by Gasteiger charge is -2.12. The molecule has 0 saturated heterocycles. The summed E-state index contributed by atoms with van der Waals surface area (Å²) in [4.78, 5) is 23.4. The molecule has 3 nitrogen and oxygen atoms in total. The molecule has 0 saturated carbocycles. The minimum atomic E-state index is -0.165. The van der Waals surface area contributed by atoms with E-state index < -0.39 is 0 Å². The Bertz CT molecular complexity index is 215. The molecule has 0 atom stereocenters. The van der Waals surface area contributed by atoms with Crippen LogP contribution in [0.2, 0.25) is 0 Å². The molecule has 0 radical (unpaired) electrons. The van der Waals surface area contributed by atoms with Crippen molar-refractivity contribution < 1.29 is 9.59 Å². The molecular weight excluding hydrogens is 166 g/mol. The number of rotatable bonds is 5. The Morgan fingerprint density at radius 1 is 1.08 bits per heavy atom. The van der Waals surface area contributed by atoms with Crippen molar-refractivity contribution in [1.82, 2.24) is 4.90 Å². The van der Waals surface area contributed by atoms with Gasteiger partial charge in [-0.25, -0.2) is 0 Å². The summed E-state index contributed by atoms with van der Waals surface area (Å²) in [6.45, 7) is 2.71. The van der Waals surface area contributed by atoms with Gasteiger partial charge in [-0.3, -0.25) is 14.5 Å². The minimum absolute atomic E-state index is 0.165. The third-order valence-electron chi connectivity index (χ3n) is 2.14. The van der Waals surface area contributed by atoms with E-state index in [1.165, 1.54) is 29.9 Å². The maximum absolute atomic E-state index is 11.1. The van der Waals surface area contributed by atoms with Crippen molar-refractivity contribution in [3.63, 3.8) is 0 Å². The molecule has 1 aliphatic heterocycles. The van der Waals surface area contributed by atoms with Crippen LogP contribution < -0.4 is 0 Å². The predicted molar refractivity (Wildman–Crippen MR) is 50.0 cm³/mol. The molecular formula is C10H15NO2. The fourth-order valence-corrected chi connectivity index (χ4v) is 1.35. The SMILES string of the molecule is CCCCCCN1C(=O)C=CC1=O. The maximum atomic E-state index is 11.1. The second kappa shape index (κ2) is 4.80. The third-order valence-corrected chi connectivity index (χ3v) is 2.14. The van der Waals surface area contributed by atoms with Crippen LogP contribution in [0.15, 0.2) is 12.2 Å². The Hall–Kier alpha value is -1.12.